The minimum Gasteiger partial charge on any atom is -0.369 e. The van der Waals surface area contributed by atoms with Gasteiger partial charge in [0.15, 0.2) is 0 Å². The highest BCUT2D eigenvalue weighted by Gasteiger charge is 2.16. The number of rotatable bonds is 7. The first-order valence-corrected chi connectivity index (χ1v) is 10.6. The van der Waals surface area contributed by atoms with E-state index < -0.39 is 0 Å². The Bertz CT molecular complexity index is 1160. The van der Waals surface area contributed by atoms with E-state index in [0.29, 0.717) is 19.5 Å². The number of benzene rings is 1. The molecule has 3 aromatic heterocycles. The van der Waals surface area contributed by atoms with Crippen LogP contribution in [0, 0.1) is 13.8 Å². The summed E-state index contributed by atoms with van der Waals surface area (Å²) >= 11 is 1.66. The minimum atomic E-state index is -0.0290. The highest BCUT2D eigenvalue weighted by Crippen LogP contribution is 2.40. The van der Waals surface area contributed by atoms with Crippen molar-refractivity contribution < 1.29 is 4.79 Å². The summed E-state index contributed by atoms with van der Waals surface area (Å²) in [5, 5.41) is 7.24. The lowest BCUT2D eigenvalue weighted by molar-refractivity contribution is -0.121. The maximum atomic E-state index is 12.2. The molecule has 0 spiro atoms. The first-order chi connectivity index (χ1) is 14.6. The number of pyridine rings is 1. The number of carbonyl (C=O) groups is 1. The average molecular weight is 418 g/mol. The van der Waals surface area contributed by atoms with Gasteiger partial charge in [-0.3, -0.25) is 9.78 Å². The summed E-state index contributed by atoms with van der Waals surface area (Å²) in [6.07, 6.45) is 3.64. The molecule has 6 nitrogen and oxygen atoms in total. The summed E-state index contributed by atoms with van der Waals surface area (Å²) in [6, 6.07) is 14.1. The molecule has 1 aromatic carbocycles. The van der Waals surface area contributed by atoms with Gasteiger partial charge in [-0.2, -0.15) is 0 Å². The van der Waals surface area contributed by atoms with Gasteiger partial charge in [0.25, 0.3) is 0 Å². The Labute approximate surface area is 179 Å². The fraction of sp³-hybridized carbons (Fsp3) is 0.217. The van der Waals surface area contributed by atoms with Gasteiger partial charge in [0.1, 0.15) is 17.0 Å². The van der Waals surface area contributed by atoms with Gasteiger partial charge in [0, 0.05) is 29.6 Å². The predicted octanol–water partition coefficient (Wildman–Crippen LogP) is 4.49. The Morgan fingerprint density at radius 2 is 1.87 bits per heavy atom. The van der Waals surface area contributed by atoms with Crippen molar-refractivity contribution in [3.63, 3.8) is 0 Å². The lowest BCUT2D eigenvalue weighted by Crippen LogP contribution is -2.25. The van der Waals surface area contributed by atoms with Gasteiger partial charge in [-0.25, -0.2) is 9.97 Å². The van der Waals surface area contributed by atoms with E-state index in [1.807, 2.05) is 18.2 Å². The first kappa shape index (κ1) is 20.0. The molecule has 1 amide bonds. The fourth-order valence-corrected chi connectivity index (χ4v) is 4.33. The third-order valence-electron chi connectivity index (χ3n) is 4.84. The van der Waals surface area contributed by atoms with Crippen LogP contribution < -0.4 is 10.6 Å². The normalized spacial score (nSPS) is 10.9. The van der Waals surface area contributed by atoms with Crippen molar-refractivity contribution in [1.82, 2.24) is 20.3 Å². The SMILES string of the molecule is Cc1ccc(-c2c(C)sc3ncnc(NCCC(=O)NCc4ccccn4)c23)cc1. The van der Waals surface area contributed by atoms with Crippen molar-refractivity contribution in [2.75, 3.05) is 11.9 Å². The second-order valence-corrected chi connectivity index (χ2v) is 8.28. The zero-order valence-corrected chi connectivity index (χ0v) is 17.8. The van der Waals surface area contributed by atoms with Crippen molar-refractivity contribution in [1.29, 1.82) is 0 Å². The van der Waals surface area contributed by atoms with Gasteiger partial charge in [0.2, 0.25) is 5.91 Å². The average Bonchev–Trinajstić information content (AvgIpc) is 3.10. The highest BCUT2D eigenvalue weighted by molar-refractivity contribution is 7.19. The molecule has 4 rings (SSSR count). The Kier molecular flexibility index (Phi) is 5.99. The van der Waals surface area contributed by atoms with Crippen LogP contribution in [0.5, 0.6) is 0 Å². The van der Waals surface area contributed by atoms with E-state index in [-0.39, 0.29) is 5.91 Å². The van der Waals surface area contributed by atoms with Crippen LogP contribution in [0.15, 0.2) is 55.0 Å². The lowest BCUT2D eigenvalue weighted by Gasteiger charge is -2.09. The van der Waals surface area contributed by atoms with E-state index >= 15 is 0 Å². The van der Waals surface area contributed by atoms with Crippen LogP contribution in [0.25, 0.3) is 21.3 Å². The maximum absolute atomic E-state index is 12.2. The number of carbonyl (C=O) groups excluding carboxylic acids is 1. The number of hydrogen-bond acceptors (Lipinski definition) is 6. The number of aromatic nitrogens is 3. The van der Waals surface area contributed by atoms with Crippen molar-refractivity contribution in [3.05, 3.63) is 71.1 Å². The van der Waals surface area contributed by atoms with E-state index in [1.54, 1.807) is 23.9 Å². The molecule has 0 radical (unpaired) electrons. The molecule has 0 aliphatic carbocycles. The van der Waals surface area contributed by atoms with Crippen LogP contribution >= 0.6 is 11.3 Å². The summed E-state index contributed by atoms with van der Waals surface area (Å²) in [7, 11) is 0. The van der Waals surface area contributed by atoms with Gasteiger partial charge >= 0.3 is 0 Å². The molecule has 0 bridgehead atoms. The summed E-state index contributed by atoms with van der Waals surface area (Å²) in [6.45, 7) is 5.11. The molecular formula is C23H23N5OS. The van der Waals surface area contributed by atoms with Crippen molar-refractivity contribution in [3.8, 4) is 11.1 Å². The van der Waals surface area contributed by atoms with E-state index in [0.717, 1.165) is 32.9 Å². The minimum absolute atomic E-state index is 0.0290. The zero-order chi connectivity index (χ0) is 20.9. The van der Waals surface area contributed by atoms with Crippen LogP contribution in [0.2, 0.25) is 0 Å². The number of fused-ring (bicyclic) bond motifs is 1. The largest absolute Gasteiger partial charge is 0.369 e. The number of anilines is 1. The molecule has 0 aliphatic rings. The zero-order valence-electron chi connectivity index (χ0n) is 17.0. The number of hydrogen-bond donors (Lipinski definition) is 2. The quantitative estimate of drug-likeness (QED) is 0.463. The third kappa shape index (κ3) is 4.46. The number of thiophene rings is 1. The summed E-state index contributed by atoms with van der Waals surface area (Å²) in [4.78, 5) is 27.5. The summed E-state index contributed by atoms with van der Waals surface area (Å²) < 4.78 is 0. The molecule has 2 N–H and O–H groups in total. The summed E-state index contributed by atoms with van der Waals surface area (Å²) in [5.41, 5.74) is 4.36. The van der Waals surface area contributed by atoms with Gasteiger partial charge in [-0.05, 0) is 31.5 Å². The molecule has 0 unspecified atom stereocenters. The van der Waals surface area contributed by atoms with Gasteiger partial charge in [-0.15, -0.1) is 11.3 Å². The van der Waals surface area contributed by atoms with Crippen LogP contribution in [-0.4, -0.2) is 27.4 Å². The number of nitrogens with one attached hydrogen (secondary N) is 2. The van der Waals surface area contributed by atoms with E-state index in [4.69, 9.17) is 0 Å². The van der Waals surface area contributed by atoms with Crippen molar-refractivity contribution in [2.24, 2.45) is 0 Å². The van der Waals surface area contributed by atoms with Crippen LogP contribution in [0.3, 0.4) is 0 Å². The fourth-order valence-electron chi connectivity index (χ4n) is 3.32. The molecule has 4 aromatic rings. The number of aryl methyl sites for hydroxylation is 2. The smallest absolute Gasteiger partial charge is 0.222 e. The molecule has 0 atom stereocenters. The standard InChI is InChI=1S/C23H23N5OS/c1-15-6-8-17(9-7-15)20-16(2)30-23-21(20)22(27-14-28-23)25-12-10-19(29)26-13-18-5-3-4-11-24-18/h3-9,11,14H,10,12-13H2,1-2H3,(H,26,29)(H,25,27,28). The van der Waals surface area contributed by atoms with E-state index in [9.17, 15) is 4.79 Å². The highest BCUT2D eigenvalue weighted by atomic mass is 32.1. The molecule has 7 heteroatoms. The van der Waals surface area contributed by atoms with Gasteiger partial charge in [0.05, 0.1) is 17.6 Å². The number of nitrogens with zero attached hydrogens (tertiary/aromatic N) is 3. The van der Waals surface area contributed by atoms with Crippen LogP contribution in [0.4, 0.5) is 5.82 Å². The molecular weight excluding hydrogens is 394 g/mol. The monoisotopic (exact) mass is 417 g/mol. The summed E-state index contributed by atoms with van der Waals surface area (Å²) in [5.74, 6) is 0.733. The molecule has 0 saturated heterocycles. The lowest BCUT2D eigenvalue weighted by atomic mass is 10.0. The Morgan fingerprint density at radius 1 is 1.03 bits per heavy atom. The maximum Gasteiger partial charge on any atom is 0.222 e. The molecule has 0 fully saturated rings. The second-order valence-electron chi connectivity index (χ2n) is 7.08. The Balaban J connectivity index is 1.46. The van der Waals surface area contributed by atoms with Gasteiger partial charge < -0.3 is 10.6 Å². The predicted molar refractivity (Wildman–Crippen MR) is 122 cm³/mol. The Hall–Kier alpha value is -3.32. The molecule has 0 aliphatic heterocycles. The van der Waals surface area contributed by atoms with Crippen molar-refractivity contribution >= 4 is 33.3 Å². The topological polar surface area (TPSA) is 79.8 Å². The Morgan fingerprint density at radius 3 is 2.63 bits per heavy atom. The third-order valence-corrected chi connectivity index (χ3v) is 5.86. The second kappa shape index (κ2) is 9.00. The first-order valence-electron chi connectivity index (χ1n) is 9.83. The van der Waals surface area contributed by atoms with E-state index in [2.05, 4.69) is 63.7 Å². The van der Waals surface area contributed by atoms with Crippen molar-refractivity contribution in [2.45, 2.75) is 26.8 Å². The van der Waals surface area contributed by atoms with Gasteiger partial charge in [-0.1, -0.05) is 35.9 Å². The molecule has 30 heavy (non-hydrogen) atoms. The molecule has 0 saturated carbocycles. The van der Waals surface area contributed by atoms with Crippen LogP contribution in [-0.2, 0) is 11.3 Å². The number of amides is 1. The molecule has 152 valence electrons. The van der Waals surface area contributed by atoms with E-state index in [1.165, 1.54) is 10.4 Å². The van der Waals surface area contributed by atoms with Crippen LogP contribution in [0.1, 0.15) is 22.6 Å². The molecule has 3 heterocycles.